The van der Waals surface area contributed by atoms with Gasteiger partial charge in [0.1, 0.15) is 6.04 Å². The molecule has 1 amide bonds. The topological polar surface area (TPSA) is 121 Å². The van der Waals surface area contributed by atoms with Crippen molar-refractivity contribution in [2.75, 3.05) is 0 Å². The van der Waals surface area contributed by atoms with Crippen LogP contribution >= 0.6 is 0 Å². The molecule has 1 atom stereocenters. The predicted octanol–water partition coefficient (Wildman–Crippen LogP) is 0.303. The van der Waals surface area contributed by atoms with Gasteiger partial charge in [-0.15, -0.1) is 0 Å². The Hall–Kier alpha value is -2.90. The molecule has 8 heteroatoms. The fourth-order valence-electron chi connectivity index (χ4n) is 2.26. The minimum Gasteiger partial charge on any atom is -0.480 e. The van der Waals surface area contributed by atoms with Crippen molar-refractivity contribution in [1.29, 1.82) is 0 Å². The van der Waals surface area contributed by atoms with Crippen LogP contribution in [0.25, 0.3) is 10.9 Å². The zero-order valence-electron chi connectivity index (χ0n) is 12.8. The molecule has 3 N–H and O–H groups in total. The first-order valence-electron chi connectivity index (χ1n) is 7.19. The van der Waals surface area contributed by atoms with Gasteiger partial charge in [-0.2, -0.15) is 0 Å². The molecule has 0 radical (unpaired) electrons. The molecule has 1 heterocycles. The standard InChI is InChI=1S/C15H17N3O5/c1-3-10(14(21)22)16-12(19)8-5-6-9-11(7-8)17-15(23)18(4-2)13(9)20/h5-7,10H,3-4H2,1-2H3,(H,16,19)(H,17,23)(H,21,22). The van der Waals surface area contributed by atoms with E-state index in [9.17, 15) is 19.2 Å². The SMILES string of the molecule is CCC(NC(=O)c1ccc2c(=O)n(CC)c(=O)[nH]c2c1)C(=O)O. The highest BCUT2D eigenvalue weighted by Gasteiger charge is 2.19. The summed E-state index contributed by atoms with van der Waals surface area (Å²) in [5, 5.41) is 11.6. The molecule has 1 aromatic heterocycles. The minimum atomic E-state index is -1.12. The van der Waals surface area contributed by atoms with E-state index < -0.39 is 29.2 Å². The average Bonchev–Trinajstić information content (AvgIpc) is 2.51. The van der Waals surface area contributed by atoms with Gasteiger partial charge in [0.2, 0.25) is 0 Å². The smallest absolute Gasteiger partial charge is 0.328 e. The Morgan fingerprint density at radius 1 is 1.30 bits per heavy atom. The molecule has 0 aliphatic heterocycles. The van der Waals surface area contributed by atoms with Crippen LogP contribution in [-0.4, -0.2) is 32.6 Å². The van der Waals surface area contributed by atoms with Crippen molar-refractivity contribution in [3.63, 3.8) is 0 Å². The van der Waals surface area contributed by atoms with Crippen LogP contribution in [0.4, 0.5) is 0 Å². The molecule has 8 nitrogen and oxygen atoms in total. The molecule has 0 bridgehead atoms. The second-order valence-electron chi connectivity index (χ2n) is 5.01. The van der Waals surface area contributed by atoms with Gasteiger partial charge < -0.3 is 15.4 Å². The van der Waals surface area contributed by atoms with Crippen LogP contribution in [0.15, 0.2) is 27.8 Å². The Labute approximate surface area is 130 Å². The fraction of sp³-hybridized carbons (Fsp3) is 0.333. The molecular weight excluding hydrogens is 302 g/mol. The first-order chi connectivity index (χ1) is 10.9. The molecule has 0 aliphatic carbocycles. The molecule has 0 saturated heterocycles. The second-order valence-corrected chi connectivity index (χ2v) is 5.01. The van der Waals surface area contributed by atoms with Crippen molar-refractivity contribution in [2.45, 2.75) is 32.9 Å². The summed E-state index contributed by atoms with van der Waals surface area (Å²) in [6.45, 7) is 3.56. The van der Waals surface area contributed by atoms with Crippen molar-refractivity contribution in [2.24, 2.45) is 0 Å². The van der Waals surface area contributed by atoms with E-state index in [1.54, 1.807) is 13.8 Å². The summed E-state index contributed by atoms with van der Waals surface area (Å²) >= 11 is 0. The highest BCUT2D eigenvalue weighted by Crippen LogP contribution is 2.10. The third-order valence-electron chi connectivity index (χ3n) is 3.57. The largest absolute Gasteiger partial charge is 0.480 e. The van der Waals surface area contributed by atoms with Crippen LogP contribution in [0.1, 0.15) is 30.6 Å². The van der Waals surface area contributed by atoms with Gasteiger partial charge in [0.05, 0.1) is 10.9 Å². The first-order valence-corrected chi connectivity index (χ1v) is 7.19. The fourth-order valence-corrected chi connectivity index (χ4v) is 2.26. The maximum absolute atomic E-state index is 12.1. The van der Waals surface area contributed by atoms with E-state index in [0.717, 1.165) is 4.57 Å². The second kappa shape index (κ2) is 6.47. The van der Waals surface area contributed by atoms with E-state index in [4.69, 9.17) is 5.11 Å². The van der Waals surface area contributed by atoms with E-state index in [1.165, 1.54) is 18.2 Å². The summed E-state index contributed by atoms with van der Waals surface area (Å²) in [6, 6.07) is 3.23. The molecule has 0 saturated carbocycles. The number of carboxylic acids is 1. The molecule has 23 heavy (non-hydrogen) atoms. The zero-order valence-corrected chi connectivity index (χ0v) is 12.8. The highest BCUT2D eigenvalue weighted by atomic mass is 16.4. The van der Waals surface area contributed by atoms with Crippen LogP contribution in [-0.2, 0) is 11.3 Å². The summed E-state index contributed by atoms with van der Waals surface area (Å²) < 4.78 is 1.06. The van der Waals surface area contributed by atoms with E-state index >= 15 is 0 Å². The van der Waals surface area contributed by atoms with Gasteiger partial charge in [-0.1, -0.05) is 6.92 Å². The van der Waals surface area contributed by atoms with E-state index in [1.807, 2.05) is 0 Å². The van der Waals surface area contributed by atoms with Crippen LogP contribution in [0.2, 0.25) is 0 Å². The van der Waals surface area contributed by atoms with Crippen LogP contribution in [0.3, 0.4) is 0 Å². The normalized spacial score (nSPS) is 12.1. The number of carbonyl (C=O) groups excluding carboxylic acids is 1. The zero-order chi connectivity index (χ0) is 17.1. The molecule has 122 valence electrons. The Balaban J connectivity index is 2.45. The summed E-state index contributed by atoms with van der Waals surface area (Å²) in [5.41, 5.74) is -0.586. The van der Waals surface area contributed by atoms with Crippen molar-refractivity contribution in [3.8, 4) is 0 Å². The van der Waals surface area contributed by atoms with Gasteiger partial charge in [0, 0.05) is 12.1 Å². The van der Waals surface area contributed by atoms with Gasteiger partial charge in [0.15, 0.2) is 0 Å². The van der Waals surface area contributed by atoms with Gasteiger partial charge >= 0.3 is 11.7 Å². The monoisotopic (exact) mass is 319 g/mol. The maximum Gasteiger partial charge on any atom is 0.328 e. The number of hydrogen-bond donors (Lipinski definition) is 3. The third-order valence-corrected chi connectivity index (χ3v) is 3.57. The summed E-state index contributed by atoms with van der Waals surface area (Å²) in [4.78, 5) is 49.6. The van der Waals surface area contributed by atoms with Crippen LogP contribution in [0, 0.1) is 0 Å². The lowest BCUT2D eigenvalue weighted by molar-refractivity contribution is -0.139. The minimum absolute atomic E-state index is 0.168. The molecular formula is C15H17N3O5. The van der Waals surface area contributed by atoms with Crippen molar-refractivity contribution in [1.82, 2.24) is 14.9 Å². The van der Waals surface area contributed by atoms with Crippen LogP contribution < -0.4 is 16.6 Å². The number of hydrogen-bond acceptors (Lipinski definition) is 4. The Morgan fingerprint density at radius 2 is 2.00 bits per heavy atom. The number of aromatic nitrogens is 2. The van der Waals surface area contributed by atoms with E-state index in [0.29, 0.717) is 0 Å². The number of aliphatic carboxylic acids is 1. The lowest BCUT2D eigenvalue weighted by Gasteiger charge is -2.12. The van der Waals surface area contributed by atoms with Gasteiger partial charge in [-0.05, 0) is 31.5 Å². The van der Waals surface area contributed by atoms with E-state index in [-0.39, 0.29) is 29.4 Å². The van der Waals surface area contributed by atoms with Crippen LogP contribution in [0.5, 0.6) is 0 Å². The number of fused-ring (bicyclic) bond motifs is 1. The number of carbonyl (C=O) groups is 2. The number of benzene rings is 1. The summed E-state index contributed by atoms with van der Waals surface area (Å²) in [5.74, 6) is -1.71. The van der Waals surface area contributed by atoms with Crippen molar-refractivity contribution in [3.05, 3.63) is 44.6 Å². The lowest BCUT2D eigenvalue weighted by atomic mass is 10.1. The summed E-state index contributed by atoms with van der Waals surface area (Å²) in [6.07, 6.45) is 0.243. The first kappa shape index (κ1) is 16.5. The third kappa shape index (κ3) is 3.15. The highest BCUT2D eigenvalue weighted by molar-refractivity contribution is 5.99. The average molecular weight is 319 g/mol. The number of carboxylic acid groups (broad SMARTS) is 1. The molecule has 1 aromatic carbocycles. The van der Waals surface area contributed by atoms with Crippen molar-refractivity contribution < 1.29 is 14.7 Å². The number of amides is 1. The van der Waals surface area contributed by atoms with Gasteiger partial charge in [-0.3, -0.25) is 14.2 Å². The Kier molecular flexibility index (Phi) is 4.63. The number of H-pyrrole nitrogens is 1. The Bertz CT molecular complexity index is 881. The molecule has 1 unspecified atom stereocenters. The molecule has 2 rings (SSSR count). The predicted molar refractivity (Wildman–Crippen MR) is 83.7 cm³/mol. The number of rotatable bonds is 5. The number of aromatic amines is 1. The molecule has 0 spiro atoms. The summed E-state index contributed by atoms with van der Waals surface area (Å²) in [7, 11) is 0. The van der Waals surface area contributed by atoms with E-state index in [2.05, 4.69) is 10.3 Å². The van der Waals surface area contributed by atoms with Gasteiger partial charge in [0.25, 0.3) is 11.5 Å². The maximum atomic E-state index is 12.1. The number of nitrogens with one attached hydrogen (secondary N) is 2. The molecule has 0 aliphatic rings. The number of nitrogens with zero attached hydrogens (tertiary/aromatic N) is 1. The molecule has 0 fully saturated rings. The molecule has 2 aromatic rings. The quantitative estimate of drug-likeness (QED) is 0.732. The van der Waals surface area contributed by atoms with Crippen molar-refractivity contribution >= 4 is 22.8 Å². The Morgan fingerprint density at radius 3 is 2.57 bits per heavy atom. The lowest BCUT2D eigenvalue weighted by Crippen LogP contribution is -2.40. The van der Waals surface area contributed by atoms with Gasteiger partial charge in [-0.25, -0.2) is 9.59 Å².